The highest BCUT2D eigenvalue weighted by atomic mass is 32.2. The first-order valence-corrected chi connectivity index (χ1v) is 8.47. The Kier molecular flexibility index (Phi) is 6.24. The topological polar surface area (TPSA) is 119 Å². The Labute approximate surface area is 143 Å². The summed E-state index contributed by atoms with van der Waals surface area (Å²) in [6.07, 6.45) is 1.51. The number of nitrogens with two attached hydrogens (primary N) is 1. The van der Waals surface area contributed by atoms with E-state index in [1.165, 1.54) is 15.8 Å². The van der Waals surface area contributed by atoms with Crippen LogP contribution >= 0.6 is 11.8 Å². The molecular weight excluding hydrogens is 332 g/mol. The summed E-state index contributed by atoms with van der Waals surface area (Å²) in [5.74, 6) is 6.57. The number of carbonyl (C=O) groups excluding carboxylic acids is 2. The predicted octanol–water partition coefficient (Wildman–Crippen LogP) is 0.329. The number of hydrogen-bond donors (Lipinski definition) is 2. The Morgan fingerprint density at radius 1 is 1.42 bits per heavy atom. The molecule has 0 saturated heterocycles. The van der Waals surface area contributed by atoms with Crippen molar-refractivity contribution >= 4 is 23.6 Å². The van der Waals surface area contributed by atoms with Gasteiger partial charge in [0.05, 0.1) is 18.6 Å². The highest BCUT2D eigenvalue weighted by Gasteiger charge is 2.19. The minimum atomic E-state index is -0.181. The Bertz CT molecular complexity index is 685. The molecule has 3 N–H and O–H groups in total. The lowest BCUT2D eigenvalue weighted by Gasteiger charge is -2.19. The van der Waals surface area contributed by atoms with Gasteiger partial charge in [-0.3, -0.25) is 9.59 Å². The zero-order valence-corrected chi connectivity index (χ0v) is 14.4. The lowest BCUT2D eigenvalue weighted by Crippen LogP contribution is -2.41. The van der Waals surface area contributed by atoms with E-state index in [0.717, 1.165) is 11.8 Å². The normalized spacial score (nSPS) is 10.6. The zero-order valence-electron chi connectivity index (χ0n) is 13.6. The Balaban J connectivity index is 1.95. The van der Waals surface area contributed by atoms with Crippen LogP contribution in [0.1, 0.15) is 13.8 Å². The molecule has 0 aromatic carbocycles. The molecule has 0 aliphatic heterocycles. The summed E-state index contributed by atoms with van der Waals surface area (Å²) in [6, 6.07) is 3.44. The van der Waals surface area contributed by atoms with Gasteiger partial charge in [-0.05, 0) is 26.0 Å². The summed E-state index contributed by atoms with van der Waals surface area (Å²) in [7, 11) is 0. The quantitative estimate of drug-likeness (QED) is 0.519. The Morgan fingerprint density at radius 2 is 2.21 bits per heavy atom. The van der Waals surface area contributed by atoms with Gasteiger partial charge in [-0.1, -0.05) is 11.8 Å². The van der Waals surface area contributed by atoms with Crippen LogP contribution in [0.15, 0.2) is 28.0 Å². The molecule has 2 aromatic rings. The van der Waals surface area contributed by atoms with Crippen LogP contribution in [-0.4, -0.2) is 57.0 Å². The largest absolute Gasteiger partial charge is 0.461 e. The van der Waals surface area contributed by atoms with Gasteiger partial charge in [0.2, 0.25) is 22.8 Å². The summed E-state index contributed by atoms with van der Waals surface area (Å²) in [6.45, 7) is 4.67. The van der Waals surface area contributed by atoms with Crippen molar-refractivity contribution in [2.24, 2.45) is 0 Å². The standard InChI is InChI=1S/C14H20N6O3S/c1-3-16-11(21)8-19(4-2)12(22)9-24-14-18-17-13(20(14)15)10-6-5-7-23-10/h5-7H,3-4,8-9,15H2,1-2H3,(H,16,21). The van der Waals surface area contributed by atoms with E-state index in [4.69, 9.17) is 10.3 Å². The lowest BCUT2D eigenvalue weighted by molar-refractivity contribution is -0.133. The molecule has 0 unspecified atom stereocenters. The first-order valence-electron chi connectivity index (χ1n) is 7.48. The molecule has 2 aromatic heterocycles. The van der Waals surface area contributed by atoms with Crippen LogP contribution in [0.5, 0.6) is 0 Å². The molecule has 2 rings (SSSR count). The molecule has 2 amide bonds. The maximum absolute atomic E-state index is 12.2. The van der Waals surface area contributed by atoms with Crippen LogP contribution in [-0.2, 0) is 9.59 Å². The van der Waals surface area contributed by atoms with Gasteiger partial charge in [-0.15, -0.1) is 10.2 Å². The number of aromatic nitrogens is 3. The predicted molar refractivity (Wildman–Crippen MR) is 89.5 cm³/mol. The summed E-state index contributed by atoms with van der Waals surface area (Å²) in [4.78, 5) is 25.3. The monoisotopic (exact) mass is 352 g/mol. The number of rotatable bonds is 8. The van der Waals surface area contributed by atoms with Crippen molar-refractivity contribution in [1.29, 1.82) is 0 Å². The van der Waals surface area contributed by atoms with Crippen LogP contribution in [0, 0.1) is 0 Å². The number of furan rings is 1. The molecule has 0 spiro atoms. The summed E-state index contributed by atoms with van der Waals surface area (Å²) >= 11 is 1.16. The smallest absolute Gasteiger partial charge is 0.239 e. The van der Waals surface area contributed by atoms with E-state index >= 15 is 0 Å². The highest BCUT2D eigenvalue weighted by molar-refractivity contribution is 7.99. The third-order valence-electron chi connectivity index (χ3n) is 3.17. The summed E-state index contributed by atoms with van der Waals surface area (Å²) in [5, 5.41) is 11.0. The highest BCUT2D eigenvalue weighted by Crippen LogP contribution is 2.21. The molecule has 0 fully saturated rings. The minimum Gasteiger partial charge on any atom is -0.461 e. The number of carbonyl (C=O) groups is 2. The van der Waals surface area contributed by atoms with Crippen LogP contribution in [0.25, 0.3) is 11.6 Å². The van der Waals surface area contributed by atoms with E-state index < -0.39 is 0 Å². The third-order valence-corrected chi connectivity index (χ3v) is 4.10. The number of hydrogen-bond acceptors (Lipinski definition) is 7. The van der Waals surface area contributed by atoms with E-state index in [-0.39, 0.29) is 24.1 Å². The van der Waals surface area contributed by atoms with Crippen molar-refractivity contribution in [2.75, 3.05) is 31.2 Å². The Morgan fingerprint density at radius 3 is 2.83 bits per heavy atom. The first kappa shape index (κ1) is 17.9. The maximum atomic E-state index is 12.2. The molecule has 0 aliphatic rings. The van der Waals surface area contributed by atoms with Gasteiger partial charge >= 0.3 is 0 Å². The van der Waals surface area contributed by atoms with E-state index in [2.05, 4.69) is 15.5 Å². The van der Waals surface area contributed by atoms with Gasteiger partial charge in [-0.2, -0.15) is 0 Å². The van der Waals surface area contributed by atoms with Crippen LogP contribution < -0.4 is 11.2 Å². The second-order valence-electron chi connectivity index (χ2n) is 4.80. The molecule has 0 saturated carbocycles. The minimum absolute atomic E-state index is 0.0384. The number of thioether (sulfide) groups is 1. The van der Waals surface area contributed by atoms with Crippen molar-refractivity contribution < 1.29 is 14.0 Å². The average Bonchev–Trinajstić information content (AvgIpc) is 3.20. The molecular formula is C14H20N6O3S. The summed E-state index contributed by atoms with van der Waals surface area (Å²) in [5.41, 5.74) is 0. The third kappa shape index (κ3) is 4.28. The number of likely N-dealkylation sites (N-methyl/N-ethyl adjacent to an activating group) is 2. The van der Waals surface area contributed by atoms with Gasteiger partial charge < -0.3 is 20.5 Å². The van der Waals surface area contributed by atoms with Crippen molar-refractivity contribution in [3.05, 3.63) is 18.4 Å². The molecule has 2 heterocycles. The fourth-order valence-corrected chi connectivity index (χ4v) is 2.73. The molecule has 130 valence electrons. The van der Waals surface area contributed by atoms with Gasteiger partial charge in [0.15, 0.2) is 5.76 Å². The molecule has 0 atom stereocenters. The van der Waals surface area contributed by atoms with E-state index in [1.807, 2.05) is 13.8 Å². The summed E-state index contributed by atoms with van der Waals surface area (Å²) < 4.78 is 6.50. The fourth-order valence-electron chi connectivity index (χ4n) is 1.97. The first-order chi connectivity index (χ1) is 11.6. The molecule has 9 nitrogen and oxygen atoms in total. The molecule has 0 aliphatic carbocycles. The zero-order chi connectivity index (χ0) is 17.5. The number of amides is 2. The molecule has 0 radical (unpaired) electrons. The van der Waals surface area contributed by atoms with Crippen LogP contribution in [0.2, 0.25) is 0 Å². The van der Waals surface area contributed by atoms with Crippen molar-refractivity contribution in [1.82, 2.24) is 25.1 Å². The van der Waals surface area contributed by atoms with Crippen LogP contribution in [0.3, 0.4) is 0 Å². The van der Waals surface area contributed by atoms with Gasteiger partial charge in [0, 0.05) is 13.1 Å². The fraction of sp³-hybridized carbons (Fsp3) is 0.429. The lowest BCUT2D eigenvalue weighted by atomic mass is 10.4. The Hall–Kier alpha value is -2.49. The van der Waals surface area contributed by atoms with Gasteiger partial charge in [0.25, 0.3) is 0 Å². The molecule has 0 bridgehead atoms. The van der Waals surface area contributed by atoms with Crippen LogP contribution in [0.4, 0.5) is 0 Å². The number of nitrogens with zero attached hydrogens (tertiary/aromatic N) is 4. The van der Waals surface area contributed by atoms with E-state index in [9.17, 15) is 9.59 Å². The van der Waals surface area contributed by atoms with Gasteiger partial charge in [-0.25, -0.2) is 4.68 Å². The second kappa shape index (κ2) is 8.39. The van der Waals surface area contributed by atoms with Crippen molar-refractivity contribution in [3.8, 4) is 11.6 Å². The van der Waals surface area contributed by atoms with E-state index in [0.29, 0.717) is 29.8 Å². The average molecular weight is 352 g/mol. The molecule has 10 heteroatoms. The number of nitrogens with one attached hydrogen (secondary N) is 1. The van der Waals surface area contributed by atoms with Crippen molar-refractivity contribution in [2.45, 2.75) is 19.0 Å². The number of nitrogen functional groups attached to an aromatic ring is 1. The van der Waals surface area contributed by atoms with Gasteiger partial charge in [0.1, 0.15) is 0 Å². The molecule has 24 heavy (non-hydrogen) atoms. The second-order valence-corrected chi connectivity index (χ2v) is 5.75. The SMILES string of the molecule is CCNC(=O)CN(CC)C(=O)CSc1nnc(-c2ccco2)n1N. The van der Waals surface area contributed by atoms with E-state index in [1.54, 1.807) is 12.1 Å². The van der Waals surface area contributed by atoms with Crippen molar-refractivity contribution in [3.63, 3.8) is 0 Å². The maximum Gasteiger partial charge on any atom is 0.239 e.